The molecule has 1 unspecified atom stereocenters. The fraction of sp³-hybridized carbons (Fsp3) is 0.235. The van der Waals surface area contributed by atoms with Crippen LogP contribution in [0.3, 0.4) is 0 Å². The van der Waals surface area contributed by atoms with E-state index in [0.717, 1.165) is 24.0 Å². The van der Waals surface area contributed by atoms with Crippen LogP contribution in [-0.2, 0) is 21.0 Å². The van der Waals surface area contributed by atoms with Crippen LogP contribution in [0.25, 0.3) is 0 Å². The Kier molecular flexibility index (Phi) is 4.09. The third-order valence-electron chi connectivity index (χ3n) is 4.00. The molecule has 5 nitrogen and oxygen atoms in total. The van der Waals surface area contributed by atoms with Gasteiger partial charge in [-0.15, -0.1) is 0 Å². The molecule has 0 radical (unpaired) electrons. The second-order valence-corrected chi connectivity index (χ2v) is 7.44. The molecule has 120 valence electrons. The van der Waals surface area contributed by atoms with Gasteiger partial charge in [-0.2, -0.15) is 0 Å². The molecule has 23 heavy (non-hydrogen) atoms. The molecule has 3 rings (SSSR count). The van der Waals surface area contributed by atoms with Crippen LogP contribution >= 0.6 is 0 Å². The summed E-state index contributed by atoms with van der Waals surface area (Å²) in [6, 6.07) is 13.3. The molecule has 2 aromatic rings. The number of ether oxygens (including phenoxy) is 1. The van der Waals surface area contributed by atoms with Gasteiger partial charge in [0.1, 0.15) is 6.10 Å². The molecule has 0 spiro atoms. The molecule has 2 N–H and O–H groups in total. The van der Waals surface area contributed by atoms with Crippen LogP contribution in [0.1, 0.15) is 30.1 Å². The van der Waals surface area contributed by atoms with Gasteiger partial charge in [0.05, 0.1) is 9.79 Å². The van der Waals surface area contributed by atoms with Crippen LogP contribution in [-0.4, -0.2) is 14.5 Å². The van der Waals surface area contributed by atoms with Gasteiger partial charge < -0.3 is 10.5 Å². The van der Waals surface area contributed by atoms with Crippen molar-refractivity contribution < 1.29 is 17.9 Å². The third kappa shape index (κ3) is 3.07. The highest BCUT2D eigenvalue weighted by atomic mass is 32.2. The van der Waals surface area contributed by atoms with E-state index in [2.05, 4.69) is 0 Å². The van der Waals surface area contributed by atoms with E-state index >= 15 is 0 Å². The van der Waals surface area contributed by atoms with E-state index in [1.165, 1.54) is 0 Å². The van der Waals surface area contributed by atoms with E-state index in [9.17, 15) is 13.2 Å². The highest BCUT2D eigenvalue weighted by Crippen LogP contribution is 2.34. The van der Waals surface area contributed by atoms with Crippen LogP contribution in [0.4, 0.5) is 4.79 Å². The van der Waals surface area contributed by atoms with Gasteiger partial charge in [-0.1, -0.05) is 24.3 Å². The summed E-state index contributed by atoms with van der Waals surface area (Å²) < 4.78 is 30.5. The molecule has 2 aromatic carbocycles. The molecule has 1 aliphatic carbocycles. The molecule has 0 aromatic heterocycles. The van der Waals surface area contributed by atoms with Crippen molar-refractivity contribution in [2.24, 2.45) is 5.73 Å². The number of benzene rings is 2. The zero-order valence-electron chi connectivity index (χ0n) is 12.4. The van der Waals surface area contributed by atoms with E-state index in [1.54, 1.807) is 48.5 Å². The Morgan fingerprint density at radius 3 is 2.52 bits per heavy atom. The van der Waals surface area contributed by atoms with E-state index < -0.39 is 22.0 Å². The zero-order valence-corrected chi connectivity index (χ0v) is 13.3. The molecule has 0 heterocycles. The number of sulfone groups is 1. The second-order valence-electron chi connectivity index (χ2n) is 5.49. The van der Waals surface area contributed by atoms with Crippen molar-refractivity contribution in [3.8, 4) is 0 Å². The van der Waals surface area contributed by atoms with Gasteiger partial charge in [0.25, 0.3) is 0 Å². The molecule has 0 fully saturated rings. The van der Waals surface area contributed by atoms with Crippen LogP contribution in [0.15, 0.2) is 58.3 Å². The average Bonchev–Trinajstić information content (AvgIpc) is 2.55. The minimum atomic E-state index is -3.55. The first-order chi connectivity index (χ1) is 11.0. The number of amides is 1. The maximum absolute atomic E-state index is 12.7. The maximum atomic E-state index is 12.7. The minimum absolute atomic E-state index is 0.252. The number of nitrogens with two attached hydrogens (primary N) is 1. The topological polar surface area (TPSA) is 86.5 Å². The zero-order chi connectivity index (χ0) is 16.4. The summed E-state index contributed by atoms with van der Waals surface area (Å²) in [4.78, 5) is 11.5. The van der Waals surface area contributed by atoms with Crippen LogP contribution in [0, 0.1) is 0 Å². The lowest BCUT2D eigenvalue weighted by Crippen LogP contribution is -2.21. The minimum Gasteiger partial charge on any atom is -0.442 e. The van der Waals surface area contributed by atoms with Crippen molar-refractivity contribution in [1.29, 1.82) is 0 Å². The van der Waals surface area contributed by atoms with E-state index in [-0.39, 0.29) is 9.79 Å². The van der Waals surface area contributed by atoms with Crippen molar-refractivity contribution in [1.82, 2.24) is 0 Å². The lowest BCUT2D eigenvalue weighted by molar-refractivity contribution is 0.0958. The fourth-order valence-corrected chi connectivity index (χ4v) is 4.24. The first-order valence-electron chi connectivity index (χ1n) is 7.37. The molecular formula is C17H17NO4S. The van der Waals surface area contributed by atoms with Crippen LogP contribution in [0.2, 0.25) is 0 Å². The third-order valence-corrected chi connectivity index (χ3v) is 5.76. The largest absolute Gasteiger partial charge is 0.442 e. The lowest BCUT2D eigenvalue weighted by atomic mass is 9.89. The smallest absolute Gasteiger partial charge is 0.405 e. The summed E-state index contributed by atoms with van der Waals surface area (Å²) in [7, 11) is -3.55. The SMILES string of the molecule is NC(=O)OC1CCCc2cc(S(=O)(=O)c3ccccc3)ccc21. The van der Waals surface area contributed by atoms with Crippen LogP contribution < -0.4 is 5.73 Å². The number of aryl methyl sites for hydroxylation is 1. The Balaban J connectivity index is 2.00. The van der Waals surface area contributed by atoms with E-state index in [1.807, 2.05) is 0 Å². The van der Waals surface area contributed by atoms with E-state index in [4.69, 9.17) is 10.5 Å². The number of primary amides is 1. The van der Waals surface area contributed by atoms with Crippen molar-refractivity contribution >= 4 is 15.9 Å². The Hall–Kier alpha value is -2.34. The highest BCUT2D eigenvalue weighted by Gasteiger charge is 2.25. The van der Waals surface area contributed by atoms with Gasteiger partial charge in [0, 0.05) is 0 Å². The quantitative estimate of drug-likeness (QED) is 0.936. The number of fused-ring (bicyclic) bond motifs is 1. The van der Waals surface area contributed by atoms with Gasteiger partial charge in [-0.05, 0) is 54.7 Å². The normalized spacial score (nSPS) is 17.3. The Bertz CT molecular complexity index is 831. The number of hydrogen-bond donors (Lipinski definition) is 1. The second kappa shape index (κ2) is 6.04. The molecule has 0 saturated carbocycles. The summed E-state index contributed by atoms with van der Waals surface area (Å²) in [6.07, 6.45) is 1.06. The standard InChI is InChI=1S/C17H17NO4S/c18-17(19)22-16-8-4-5-12-11-14(9-10-15(12)16)23(20,21)13-6-2-1-3-7-13/h1-3,6-7,9-11,16H,4-5,8H2,(H2,18,19). The fourth-order valence-electron chi connectivity index (χ4n) is 2.91. The van der Waals surface area contributed by atoms with Crippen molar-refractivity contribution in [3.05, 3.63) is 59.7 Å². The Morgan fingerprint density at radius 1 is 1.09 bits per heavy atom. The van der Waals surface area contributed by atoms with Gasteiger partial charge in [-0.3, -0.25) is 0 Å². The van der Waals surface area contributed by atoms with Crippen molar-refractivity contribution in [2.45, 2.75) is 35.2 Å². The number of hydrogen-bond acceptors (Lipinski definition) is 4. The monoisotopic (exact) mass is 331 g/mol. The van der Waals surface area contributed by atoms with Gasteiger partial charge in [0.2, 0.25) is 9.84 Å². The molecule has 0 bridgehead atoms. The predicted octanol–water partition coefficient (Wildman–Crippen LogP) is 2.99. The van der Waals surface area contributed by atoms with Crippen LogP contribution in [0.5, 0.6) is 0 Å². The Morgan fingerprint density at radius 2 is 1.83 bits per heavy atom. The molecule has 1 atom stereocenters. The Labute approximate surface area is 135 Å². The number of rotatable bonds is 3. The summed E-state index contributed by atoms with van der Waals surface area (Å²) in [5, 5.41) is 0. The molecule has 0 aliphatic heterocycles. The molecule has 6 heteroatoms. The highest BCUT2D eigenvalue weighted by molar-refractivity contribution is 7.91. The number of carbonyl (C=O) groups excluding carboxylic acids is 1. The summed E-state index contributed by atoms with van der Waals surface area (Å²) in [5.41, 5.74) is 6.82. The first-order valence-corrected chi connectivity index (χ1v) is 8.86. The molecule has 0 saturated heterocycles. The lowest BCUT2D eigenvalue weighted by Gasteiger charge is -2.25. The van der Waals surface area contributed by atoms with Crippen molar-refractivity contribution in [3.63, 3.8) is 0 Å². The van der Waals surface area contributed by atoms with Gasteiger partial charge in [-0.25, -0.2) is 13.2 Å². The molecule has 1 aliphatic rings. The summed E-state index contributed by atoms with van der Waals surface area (Å²) in [5.74, 6) is 0. The van der Waals surface area contributed by atoms with Crippen molar-refractivity contribution in [2.75, 3.05) is 0 Å². The maximum Gasteiger partial charge on any atom is 0.405 e. The predicted molar refractivity (Wildman–Crippen MR) is 84.7 cm³/mol. The summed E-state index contributed by atoms with van der Waals surface area (Å²) in [6.45, 7) is 0. The molecule has 1 amide bonds. The summed E-state index contributed by atoms with van der Waals surface area (Å²) >= 11 is 0. The van der Waals surface area contributed by atoms with Gasteiger partial charge in [0.15, 0.2) is 0 Å². The first kappa shape index (κ1) is 15.6. The molecular weight excluding hydrogens is 314 g/mol. The average molecular weight is 331 g/mol. The van der Waals surface area contributed by atoms with E-state index in [0.29, 0.717) is 6.42 Å². The number of carbonyl (C=O) groups is 1. The van der Waals surface area contributed by atoms with Gasteiger partial charge >= 0.3 is 6.09 Å².